The van der Waals surface area contributed by atoms with Crippen molar-refractivity contribution in [3.8, 4) is 11.4 Å². The number of thiazole rings is 1. The van der Waals surface area contributed by atoms with Crippen LogP contribution < -0.4 is 0 Å². The summed E-state index contributed by atoms with van der Waals surface area (Å²) in [5, 5.41) is 20.1. The van der Waals surface area contributed by atoms with Crippen molar-refractivity contribution in [1.29, 1.82) is 0 Å². The predicted molar refractivity (Wildman–Crippen MR) is 125 cm³/mol. The molecule has 1 aliphatic rings. The first-order valence-corrected chi connectivity index (χ1v) is 12.2. The van der Waals surface area contributed by atoms with E-state index < -0.39 is 17.7 Å². The summed E-state index contributed by atoms with van der Waals surface area (Å²) in [7, 11) is 0. The van der Waals surface area contributed by atoms with Crippen molar-refractivity contribution in [2.24, 2.45) is 5.92 Å². The number of nitrogens with zero attached hydrogens (tertiary/aromatic N) is 4. The number of benzene rings is 2. The molecule has 172 valence electrons. The van der Waals surface area contributed by atoms with Crippen LogP contribution >= 0.6 is 23.1 Å². The number of hydrogen-bond acceptors (Lipinski definition) is 6. The molecular formula is C24H17F3N4OS2. The lowest BCUT2D eigenvalue weighted by Gasteiger charge is -2.29. The number of pyridine rings is 1. The molecule has 3 heterocycles. The van der Waals surface area contributed by atoms with Crippen LogP contribution in [0, 0.1) is 5.92 Å². The van der Waals surface area contributed by atoms with Crippen LogP contribution in [0.25, 0.3) is 27.9 Å². The summed E-state index contributed by atoms with van der Waals surface area (Å²) in [5.41, 5.74) is -0.224. The Morgan fingerprint density at radius 3 is 2.53 bits per heavy atom. The van der Waals surface area contributed by atoms with Gasteiger partial charge in [0.05, 0.1) is 10.4 Å². The Morgan fingerprint density at radius 1 is 1.00 bits per heavy atom. The Balaban J connectivity index is 1.35. The van der Waals surface area contributed by atoms with Gasteiger partial charge in [-0.3, -0.25) is 4.40 Å². The van der Waals surface area contributed by atoms with Crippen LogP contribution in [0.4, 0.5) is 13.2 Å². The molecule has 34 heavy (non-hydrogen) atoms. The molecule has 5 nitrogen and oxygen atoms in total. The lowest BCUT2D eigenvalue weighted by atomic mass is 9.96. The van der Waals surface area contributed by atoms with E-state index in [1.807, 2.05) is 65.1 Å². The Bertz CT molecular complexity index is 1510. The van der Waals surface area contributed by atoms with Gasteiger partial charge in [-0.05, 0) is 48.6 Å². The largest absolute Gasteiger partial charge is 0.422 e. The Labute approximate surface area is 200 Å². The van der Waals surface area contributed by atoms with Crippen molar-refractivity contribution in [1.82, 2.24) is 19.6 Å². The summed E-state index contributed by atoms with van der Waals surface area (Å²) in [6, 6.07) is 19.4. The number of halogens is 3. The van der Waals surface area contributed by atoms with E-state index in [2.05, 4.69) is 15.2 Å². The van der Waals surface area contributed by atoms with Gasteiger partial charge in [0.2, 0.25) is 0 Å². The number of rotatable bonds is 5. The van der Waals surface area contributed by atoms with Crippen molar-refractivity contribution < 1.29 is 18.3 Å². The van der Waals surface area contributed by atoms with Gasteiger partial charge in [0.25, 0.3) is 0 Å². The fraction of sp³-hybridized carbons (Fsp3) is 0.208. The maximum absolute atomic E-state index is 13.7. The van der Waals surface area contributed by atoms with Crippen molar-refractivity contribution >= 4 is 39.6 Å². The maximum Gasteiger partial charge on any atom is 0.422 e. The standard InChI is InChI=1S/C24H17F3N4OS2/c25-24(26,27)23(32,16-7-8-16)19-13-28-22(34-19)33-17-9-10-18-15(12-17)6-11-20-29-30-21(31(18)20)14-4-2-1-3-5-14/h1-6,9-13,16,32H,7-8H2. The highest BCUT2D eigenvalue weighted by Gasteiger charge is 2.63. The van der Waals surface area contributed by atoms with Crippen molar-refractivity contribution in [2.75, 3.05) is 0 Å². The van der Waals surface area contributed by atoms with Crippen LogP contribution in [0.15, 0.2) is 76.1 Å². The van der Waals surface area contributed by atoms with Crippen LogP contribution in [0.3, 0.4) is 0 Å². The molecule has 1 atom stereocenters. The number of aromatic nitrogens is 4. The molecule has 5 aromatic rings. The molecule has 2 aromatic carbocycles. The van der Waals surface area contributed by atoms with E-state index in [0.29, 0.717) is 17.2 Å². The monoisotopic (exact) mass is 498 g/mol. The molecule has 0 aliphatic heterocycles. The summed E-state index contributed by atoms with van der Waals surface area (Å²) in [6.45, 7) is 0. The molecular weight excluding hydrogens is 481 g/mol. The van der Waals surface area contributed by atoms with E-state index >= 15 is 0 Å². The summed E-state index contributed by atoms with van der Waals surface area (Å²) < 4.78 is 43.4. The minimum atomic E-state index is -4.73. The highest BCUT2D eigenvalue weighted by Crippen LogP contribution is 2.55. The van der Waals surface area contributed by atoms with E-state index in [-0.39, 0.29) is 4.88 Å². The molecule has 1 aliphatic carbocycles. The SMILES string of the molecule is OC(c1cnc(Sc2ccc3c(ccc4nnc(-c5ccccc5)n43)c2)s1)(C1CC1)C(F)(F)F. The quantitative estimate of drug-likeness (QED) is 0.307. The zero-order valence-electron chi connectivity index (χ0n) is 17.5. The number of aliphatic hydroxyl groups is 1. The lowest BCUT2D eigenvalue weighted by Crippen LogP contribution is -2.43. The summed E-state index contributed by atoms with van der Waals surface area (Å²) in [5.74, 6) is -0.0610. The molecule has 6 rings (SSSR count). The van der Waals surface area contributed by atoms with Gasteiger partial charge >= 0.3 is 6.18 Å². The highest BCUT2D eigenvalue weighted by atomic mass is 32.2. The molecule has 0 amide bonds. The third-order valence-electron chi connectivity index (χ3n) is 6.04. The van der Waals surface area contributed by atoms with Crippen LogP contribution in [0.5, 0.6) is 0 Å². The third kappa shape index (κ3) is 3.48. The topological polar surface area (TPSA) is 63.3 Å². The molecule has 1 unspecified atom stereocenters. The molecule has 10 heteroatoms. The van der Waals surface area contributed by atoms with Gasteiger partial charge in [-0.2, -0.15) is 13.2 Å². The average molecular weight is 499 g/mol. The van der Waals surface area contributed by atoms with E-state index in [1.54, 1.807) is 0 Å². The molecule has 0 saturated heterocycles. The number of hydrogen-bond donors (Lipinski definition) is 1. The minimum absolute atomic E-state index is 0.149. The van der Waals surface area contributed by atoms with E-state index in [9.17, 15) is 18.3 Å². The Morgan fingerprint density at radius 2 is 1.79 bits per heavy atom. The van der Waals surface area contributed by atoms with Gasteiger partial charge in [0.15, 0.2) is 21.4 Å². The van der Waals surface area contributed by atoms with E-state index in [4.69, 9.17) is 0 Å². The van der Waals surface area contributed by atoms with Gasteiger partial charge in [-0.25, -0.2) is 4.98 Å². The van der Waals surface area contributed by atoms with Gasteiger partial charge in [-0.1, -0.05) is 42.1 Å². The molecule has 0 radical (unpaired) electrons. The number of fused-ring (bicyclic) bond motifs is 3. The third-order valence-corrected chi connectivity index (χ3v) is 8.22. The van der Waals surface area contributed by atoms with Gasteiger partial charge in [-0.15, -0.1) is 21.5 Å². The van der Waals surface area contributed by atoms with Crippen molar-refractivity contribution in [3.63, 3.8) is 0 Å². The first-order chi connectivity index (χ1) is 16.3. The number of alkyl halides is 3. The van der Waals surface area contributed by atoms with Crippen molar-refractivity contribution in [2.45, 2.75) is 33.9 Å². The van der Waals surface area contributed by atoms with E-state index in [0.717, 1.165) is 50.4 Å². The zero-order chi connectivity index (χ0) is 23.5. The van der Waals surface area contributed by atoms with Crippen LogP contribution in [-0.2, 0) is 5.60 Å². The van der Waals surface area contributed by atoms with Crippen molar-refractivity contribution in [3.05, 3.63) is 71.7 Å². The molecule has 1 fully saturated rings. The summed E-state index contributed by atoms with van der Waals surface area (Å²) >= 11 is 2.17. The van der Waals surface area contributed by atoms with E-state index in [1.165, 1.54) is 11.8 Å². The summed E-state index contributed by atoms with van der Waals surface area (Å²) in [6.07, 6.45) is -2.84. The molecule has 0 bridgehead atoms. The molecule has 1 N–H and O–H groups in total. The smallest absolute Gasteiger partial charge is 0.375 e. The fourth-order valence-electron chi connectivity index (χ4n) is 4.17. The summed E-state index contributed by atoms with van der Waals surface area (Å²) in [4.78, 5) is 4.86. The predicted octanol–water partition coefficient (Wildman–Crippen LogP) is 6.32. The maximum atomic E-state index is 13.7. The Kier molecular flexibility index (Phi) is 4.94. The molecule has 0 spiro atoms. The Hall–Kier alpha value is -2.95. The first kappa shape index (κ1) is 21.6. The normalized spacial score (nSPS) is 16.2. The molecule has 3 aromatic heterocycles. The first-order valence-electron chi connectivity index (χ1n) is 10.6. The zero-order valence-corrected chi connectivity index (χ0v) is 19.2. The highest BCUT2D eigenvalue weighted by molar-refractivity contribution is 8.01. The second-order valence-electron chi connectivity index (χ2n) is 8.27. The van der Waals surface area contributed by atoms with Crippen LogP contribution in [0.2, 0.25) is 0 Å². The average Bonchev–Trinajstić information content (AvgIpc) is 3.42. The van der Waals surface area contributed by atoms with Gasteiger partial charge in [0, 0.05) is 22.6 Å². The second-order valence-corrected chi connectivity index (χ2v) is 10.6. The lowest BCUT2D eigenvalue weighted by molar-refractivity contribution is -0.274. The minimum Gasteiger partial charge on any atom is -0.375 e. The fourth-order valence-corrected chi connectivity index (χ4v) is 6.36. The van der Waals surface area contributed by atoms with Crippen LogP contribution in [-0.4, -0.2) is 30.9 Å². The second kappa shape index (κ2) is 7.79. The van der Waals surface area contributed by atoms with Crippen LogP contribution in [0.1, 0.15) is 17.7 Å². The van der Waals surface area contributed by atoms with Gasteiger partial charge < -0.3 is 5.11 Å². The molecule has 1 saturated carbocycles. The van der Waals surface area contributed by atoms with Gasteiger partial charge in [0.1, 0.15) is 0 Å².